The van der Waals surface area contributed by atoms with E-state index >= 15 is 0 Å². The van der Waals surface area contributed by atoms with Gasteiger partial charge >= 0.3 is 0 Å². The summed E-state index contributed by atoms with van der Waals surface area (Å²) in [5.41, 5.74) is 3.88. The van der Waals surface area contributed by atoms with E-state index in [1.54, 1.807) is 0 Å². The monoisotopic (exact) mass is 259 g/mol. The Morgan fingerprint density at radius 3 is 2.63 bits per heavy atom. The molecule has 0 saturated heterocycles. The molecular weight excluding hydrogens is 234 g/mol. The lowest BCUT2D eigenvalue weighted by molar-refractivity contribution is 0.429. The summed E-state index contributed by atoms with van der Waals surface area (Å²) < 4.78 is 2.19. The minimum absolute atomic E-state index is 0.185. The number of nitrogens with one attached hydrogen (secondary N) is 1. The fourth-order valence-corrected chi connectivity index (χ4v) is 2.35. The summed E-state index contributed by atoms with van der Waals surface area (Å²) in [7, 11) is 2.09. The van der Waals surface area contributed by atoms with Crippen LogP contribution in [0.4, 0.5) is 0 Å². The van der Waals surface area contributed by atoms with E-state index in [1.165, 1.54) is 11.1 Å². The molecule has 1 aromatic carbocycles. The summed E-state index contributed by atoms with van der Waals surface area (Å²) >= 11 is 0. The summed E-state index contributed by atoms with van der Waals surface area (Å²) in [5, 5.41) is 3.52. The molecule has 1 heterocycles. The Balaban J connectivity index is 2.13. The maximum atomic E-state index is 4.69. The van der Waals surface area contributed by atoms with Crippen molar-refractivity contribution >= 4 is 11.0 Å². The SMILES string of the molecule is CCc1nc2cc(CCNC(C)(C)C)ccc2n1C. The van der Waals surface area contributed by atoms with Gasteiger partial charge in [-0.2, -0.15) is 0 Å². The molecule has 2 aromatic rings. The van der Waals surface area contributed by atoms with Crippen molar-refractivity contribution in [2.75, 3.05) is 6.54 Å². The summed E-state index contributed by atoms with van der Waals surface area (Å²) in [5.74, 6) is 1.15. The van der Waals surface area contributed by atoms with E-state index in [4.69, 9.17) is 4.98 Å². The molecule has 0 fully saturated rings. The van der Waals surface area contributed by atoms with Crippen LogP contribution in [0.2, 0.25) is 0 Å². The van der Waals surface area contributed by atoms with Gasteiger partial charge in [0, 0.05) is 19.0 Å². The second-order valence-corrected chi connectivity index (χ2v) is 6.19. The zero-order valence-corrected chi connectivity index (χ0v) is 12.7. The zero-order valence-electron chi connectivity index (χ0n) is 12.7. The lowest BCUT2D eigenvalue weighted by Gasteiger charge is -2.20. The van der Waals surface area contributed by atoms with Gasteiger partial charge in [0.15, 0.2) is 0 Å². The lowest BCUT2D eigenvalue weighted by Crippen LogP contribution is -2.37. The van der Waals surface area contributed by atoms with Crippen LogP contribution in [0.3, 0.4) is 0 Å². The van der Waals surface area contributed by atoms with Crippen LogP contribution in [-0.4, -0.2) is 21.6 Å². The molecule has 0 atom stereocenters. The van der Waals surface area contributed by atoms with Crippen molar-refractivity contribution in [2.45, 2.75) is 46.1 Å². The topological polar surface area (TPSA) is 29.9 Å². The molecular formula is C16H25N3. The van der Waals surface area contributed by atoms with Gasteiger partial charge in [0.1, 0.15) is 5.82 Å². The largest absolute Gasteiger partial charge is 0.331 e. The quantitative estimate of drug-likeness (QED) is 0.914. The predicted molar refractivity (Wildman–Crippen MR) is 81.6 cm³/mol. The molecule has 0 aliphatic heterocycles. The minimum Gasteiger partial charge on any atom is -0.331 e. The maximum Gasteiger partial charge on any atom is 0.109 e. The highest BCUT2D eigenvalue weighted by molar-refractivity contribution is 5.76. The number of aryl methyl sites for hydroxylation is 2. The van der Waals surface area contributed by atoms with Gasteiger partial charge in [0.05, 0.1) is 11.0 Å². The summed E-state index contributed by atoms with van der Waals surface area (Å²) in [6.07, 6.45) is 2.03. The summed E-state index contributed by atoms with van der Waals surface area (Å²) in [4.78, 5) is 4.69. The molecule has 0 aliphatic carbocycles. The molecule has 0 bridgehead atoms. The number of fused-ring (bicyclic) bond motifs is 1. The van der Waals surface area contributed by atoms with Gasteiger partial charge in [0.2, 0.25) is 0 Å². The molecule has 0 spiro atoms. The number of nitrogens with zero attached hydrogens (tertiary/aromatic N) is 2. The average molecular weight is 259 g/mol. The highest BCUT2D eigenvalue weighted by atomic mass is 15.1. The molecule has 0 aliphatic rings. The van der Waals surface area contributed by atoms with E-state index in [2.05, 4.69) is 62.8 Å². The molecule has 1 aromatic heterocycles. The molecule has 1 N–H and O–H groups in total. The van der Waals surface area contributed by atoms with E-state index in [-0.39, 0.29) is 5.54 Å². The highest BCUT2D eigenvalue weighted by Gasteiger charge is 2.09. The standard InChI is InChI=1S/C16H25N3/c1-6-15-18-13-11-12(7-8-14(13)19(15)5)9-10-17-16(2,3)4/h7-8,11,17H,6,9-10H2,1-5H3. The first kappa shape index (κ1) is 14.1. The predicted octanol–water partition coefficient (Wildman–Crippen LogP) is 3.07. The fraction of sp³-hybridized carbons (Fsp3) is 0.562. The van der Waals surface area contributed by atoms with E-state index in [0.29, 0.717) is 0 Å². The normalized spacial score (nSPS) is 12.3. The van der Waals surface area contributed by atoms with Crippen LogP contribution in [0.1, 0.15) is 39.1 Å². The van der Waals surface area contributed by atoms with Gasteiger partial charge in [-0.25, -0.2) is 4.98 Å². The van der Waals surface area contributed by atoms with Gasteiger partial charge in [-0.15, -0.1) is 0 Å². The molecule has 0 unspecified atom stereocenters. The van der Waals surface area contributed by atoms with Crippen LogP contribution in [0.15, 0.2) is 18.2 Å². The van der Waals surface area contributed by atoms with Gasteiger partial charge in [0.25, 0.3) is 0 Å². The van der Waals surface area contributed by atoms with Crippen LogP contribution in [0.5, 0.6) is 0 Å². The van der Waals surface area contributed by atoms with Crippen molar-refractivity contribution < 1.29 is 0 Å². The number of benzene rings is 1. The fourth-order valence-electron chi connectivity index (χ4n) is 2.35. The van der Waals surface area contributed by atoms with Crippen LogP contribution in [0.25, 0.3) is 11.0 Å². The zero-order chi connectivity index (χ0) is 14.0. The molecule has 3 nitrogen and oxygen atoms in total. The number of aromatic nitrogens is 2. The number of hydrogen-bond donors (Lipinski definition) is 1. The number of imidazole rings is 1. The first-order chi connectivity index (χ1) is 8.90. The average Bonchev–Trinajstić information content (AvgIpc) is 2.64. The Hall–Kier alpha value is -1.35. The third-order valence-corrected chi connectivity index (χ3v) is 3.42. The second kappa shape index (κ2) is 5.33. The molecule has 0 amide bonds. The van der Waals surface area contributed by atoms with Crippen molar-refractivity contribution in [2.24, 2.45) is 7.05 Å². The summed E-state index contributed by atoms with van der Waals surface area (Å²) in [6, 6.07) is 6.63. The smallest absolute Gasteiger partial charge is 0.109 e. The maximum absolute atomic E-state index is 4.69. The Morgan fingerprint density at radius 1 is 1.26 bits per heavy atom. The minimum atomic E-state index is 0.185. The molecule has 0 radical (unpaired) electrons. The van der Waals surface area contributed by atoms with Crippen LogP contribution >= 0.6 is 0 Å². The van der Waals surface area contributed by atoms with E-state index in [0.717, 1.165) is 30.7 Å². The number of hydrogen-bond acceptors (Lipinski definition) is 2. The van der Waals surface area contributed by atoms with Crippen molar-refractivity contribution in [3.05, 3.63) is 29.6 Å². The van der Waals surface area contributed by atoms with Crippen molar-refractivity contribution in [3.8, 4) is 0 Å². The molecule has 104 valence electrons. The Morgan fingerprint density at radius 2 is 2.00 bits per heavy atom. The first-order valence-electron chi connectivity index (χ1n) is 7.10. The number of rotatable bonds is 4. The third kappa shape index (κ3) is 3.35. The van der Waals surface area contributed by atoms with Crippen LogP contribution in [0, 0.1) is 0 Å². The summed E-state index contributed by atoms with van der Waals surface area (Å²) in [6.45, 7) is 9.74. The van der Waals surface area contributed by atoms with Gasteiger partial charge in [-0.05, 0) is 51.4 Å². The van der Waals surface area contributed by atoms with E-state index in [1.807, 2.05) is 0 Å². The Kier molecular flexibility index (Phi) is 3.95. The van der Waals surface area contributed by atoms with Gasteiger partial charge < -0.3 is 9.88 Å². The van der Waals surface area contributed by atoms with Crippen molar-refractivity contribution in [3.63, 3.8) is 0 Å². The van der Waals surface area contributed by atoms with Crippen LogP contribution in [-0.2, 0) is 19.9 Å². The lowest BCUT2D eigenvalue weighted by atomic mass is 10.1. The third-order valence-electron chi connectivity index (χ3n) is 3.42. The first-order valence-corrected chi connectivity index (χ1v) is 7.10. The Labute approximate surface area is 116 Å². The highest BCUT2D eigenvalue weighted by Crippen LogP contribution is 2.17. The van der Waals surface area contributed by atoms with Crippen molar-refractivity contribution in [1.29, 1.82) is 0 Å². The molecule has 0 saturated carbocycles. The molecule has 3 heteroatoms. The molecule has 2 rings (SSSR count). The molecule has 19 heavy (non-hydrogen) atoms. The van der Waals surface area contributed by atoms with Gasteiger partial charge in [-0.1, -0.05) is 13.0 Å². The van der Waals surface area contributed by atoms with Crippen LogP contribution < -0.4 is 5.32 Å². The Bertz CT molecular complexity index is 561. The second-order valence-electron chi connectivity index (χ2n) is 6.19. The van der Waals surface area contributed by atoms with E-state index < -0.39 is 0 Å². The van der Waals surface area contributed by atoms with E-state index in [9.17, 15) is 0 Å². The van der Waals surface area contributed by atoms with Crippen molar-refractivity contribution in [1.82, 2.24) is 14.9 Å². The van der Waals surface area contributed by atoms with Gasteiger partial charge in [-0.3, -0.25) is 0 Å².